The lowest BCUT2D eigenvalue weighted by molar-refractivity contribution is -0.296. The van der Waals surface area contributed by atoms with Gasteiger partial charge in [-0.3, -0.25) is 19.4 Å². The molecule has 3 fully saturated rings. The van der Waals surface area contributed by atoms with Gasteiger partial charge in [0.05, 0.1) is 54.6 Å². The van der Waals surface area contributed by atoms with Crippen LogP contribution in [0.3, 0.4) is 0 Å². The van der Waals surface area contributed by atoms with E-state index in [0.29, 0.717) is 23.4 Å². The van der Waals surface area contributed by atoms with Gasteiger partial charge >= 0.3 is 5.97 Å². The highest BCUT2D eigenvalue weighted by Gasteiger charge is 2.53. The van der Waals surface area contributed by atoms with Crippen LogP contribution < -0.4 is 0 Å². The number of hydrogen-bond donors (Lipinski definition) is 2. The molecule has 1 aromatic heterocycles. The summed E-state index contributed by atoms with van der Waals surface area (Å²) < 4.78 is 32.5. The van der Waals surface area contributed by atoms with Crippen LogP contribution in [0.1, 0.15) is 87.1 Å². The summed E-state index contributed by atoms with van der Waals surface area (Å²) in [6.45, 7) is 14.8. The van der Waals surface area contributed by atoms with Gasteiger partial charge in [0.25, 0.3) is 0 Å². The molecule has 2 N–H and O–H groups in total. The number of ketones is 1. The molecule has 59 heavy (non-hydrogen) atoms. The maximum Gasteiger partial charge on any atom is 0.316 e. The molecule has 2 aromatic rings. The number of likely N-dealkylation sites (N-methyl/N-ethyl adjacent to an activating group) is 1. The molecular formula is C44H63N5O10. The molecule has 5 rings (SSSR count). The first-order valence-corrected chi connectivity index (χ1v) is 20.7. The zero-order valence-electron chi connectivity index (χ0n) is 36.3. The number of para-hydroxylation sites is 1. The molecule has 1 unspecified atom stereocenters. The maximum absolute atomic E-state index is 14.5. The minimum Gasteiger partial charge on any atom is -0.459 e. The first-order valence-electron chi connectivity index (χ1n) is 20.7. The third-order valence-electron chi connectivity index (χ3n) is 12.1. The summed E-state index contributed by atoms with van der Waals surface area (Å²) in [6.07, 6.45) is -1.80. The number of pyridine rings is 1. The molecular weight excluding hydrogens is 759 g/mol. The number of amides is 1. The van der Waals surface area contributed by atoms with Gasteiger partial charge in [0.1, 0.15) is 23.7 Å². The number of rotatable bonds is 6. The highest BCUT2D eigenvalue weighted by molar-refractivity contribution is 6.00. The number of nitrogens with zero attached hydrogens (tertiary/aromatic N) is 5. The normalized spacial score (nSPS) is 38.3. The summed E-state index contributed by atoms with van der Waals surface area (Å²) in [5, 5.41) is 34.0. The second kappa shape index (κ2) is 19.3. The lowest BCUT2D eigenvalue weighted by atomic mass is 9.73. The third kappa shape index (κ3) is 10.6. The number of fused-ring (bicyclic) bond motifs is 6. The summed E-state index contributed by atoms with van der Waals surface area (Å²) in [6, 6.07) is 9.35. The van der Waals surface area contributed by atoms with Crippen LogP contribution in [-0.4, -0.2) is 137 Å². The van der Waals surface area contributed by atoms with Gasteiger partial charge in [-0.15, -0.1) is 0 Å². The number of Topliss-reactive ketones (excluding diaryl/α,β-unsaturated/α-hetero) is 1. The van der Waals surface area contributed by atoms with Crippen LogP contribution in [0.25, 0.3) is 10.9 Å². The summed E-state index contributed by atoms with van der Waals surface area (Å²) in [5.41, 5.74) is -0.941. The Labute approximate surface area is 347 Å². The highest BCUT2D eigenvalue weighted by Crippen LogP contribution is 2.40. The molecule has 0 aliphatic carbocycles. The van der Waals surface area contributed by atoms with Crippen LogP contribution in [-0.2, 0) is 38.1 Å². The minimum absolute atomic E-state index is 0.144. The zero-order chi connectivity index (χ0) is 43.4. The van der Waals surface area contributed by atoms with Gasteiger partial charge in [0, 0.05) is 47.7 Å². The smallest absolute Gasteiger partial charge is 0.316 e. The van der Waals surface area contributed by atoms with Crippen LogP contribution in [0.15, 0.2) is 51.7 Å². The molecule has 4 heterocycles. The quantitative estimate of drug-likeness (QED) is 0.179. The van der Waals surface area contributed by atoms with Crippen molar-refractivity contribution in [3.63, 3.8) is 0 Å². The molecule has 13 atom stereocenters. The SMILES string of the molecule is CC[C@H]1OC(=O)[C@H](C)C(=O)[C@H](C)[C@@H](O[C@@H]2O[C@H](C)C[C@H](N(C)C)[C@H]2O)[C@@]2(C)C[C@@H](C)C(=NC(C)=O)[C@H](C)C(OC/C(=N/N=Cc3cnc4ccccc4c3)CO2)[C@]1(C)O. The fraction of sp³-hybridized carbons (Fsp3) is 0.659. The van der Waals surface area contributed by atoms with Crippen molar-refractivity contribution in [2.75, 3.05) is 27.3 Å². The maximum atomic E-state index is 14.5. The average molecular weight is 822 g/mol. The Kier molecular flexibility index (Phi) is 15.1. The number of aliphatic hydroxyl groups excluding tert-OH is 1. The third-order valence-corrected chi connectivity index (χ3v) is 12.1. The Bertz CT molecular complexity index is 1920. The highest BCUT2D eigenvalue weighted by atomic mass is 16.7. The number of benzene rings is 1. The Morgan fingerprint density at radius 3 is 2.47 bits per heavy atom. The molecule has 0 spiro atoms. The minimum atomic E-state index is -1.84. The van der Waals surface area contributed by atoms with Crippen molar-refractivity contribution in [3.8, 4) is 0 Å². The van der Waals surface area contributed by atoms with E-state index < -0.39 is 83.2 Å². The number of hydrogen-bond acceptors (Lipinski definition) is 14. The topological polar surface area (TPSA) is 191 Å². The summed E-state index contributed by atoms with van der Waals surface area (Å²) in [5.74, 6) is -5.29. The Morgan fingerprint density at radius 2 is 1.80 bits per heavy atom. The molecule has 0 saturated carbocycles. The van der Waals surface area contributed by atoms with Crippen LogP contribution in [0.2, 0.25) is 0 Å². The van der Waals surface area contributed by atoms with Gasteiger partial charge in [-0.1, -0.05) is 45.9 Å². The molecule has 324 valence electrons. The van der Waals surface area contributed by atoms with Crippen LogP contribution in [0, 0.1) is 23.7 Å². The Morgan fingerprint density at radius 1 is 1.08 bits per heavy atom. The Balaban J connectivity index is 1.70. The van der Waals surface area contributed by atoms with E-state index in [0.717, 1.165) is 10.9 Å². The summed E-state index contributed by atoms with van der Waals surface area (Å²) in [7, 11) is 3.74. The molecule has 1 aromatic carbocycles. The summed E-state index contributed by atoms with van der Waals surface area (Å²) in [4.78, 5) is 52.1. The van der Waals surface area contributed by atoms with E-state index in [1.165, 1.54) is 20.8 Å². The standard InChI is InChI=1S/C44H63N5O10/c1-12-35-44(9,54)40-26(4)36(47-29(7)50)24(2)19-43(8,56-23-32(22-55-40)48-46-21-30-18-31-15-13-14-16-33(31)45-20-30)39(27(5)37(51)28(6)41(53)58-35)59-42-38(52)34(49(10)11)17-25(3)57-42/h13-16,18,20-21,24-28,34-35,38-40,42,52,54H,12,17,19,22-23H2,1-11H3/b46-21?,47-36?,48-32-/t24-,25-,26+,27+,28-,34+,35-,38-,39-,40?,42+,43-,44-/m1/s1. The van der Waals surface area contributed by atoms with Crippen LogP contribution >= 0.6 is 0 Å². The predicted molar refractivity (Wildman–Crippen MR) is 223 cm³/mol. The van der Waals surface area contributed by atoms with E-state index in [1.807, 2.05) is 70.1 Å². The molecule has 15 nitrogen and oxygen atoms in total. The Hall–Kier alpha value is -3.83. The number of cyclic esters (lactones) is 1. The van der Waals surface area contributed by atoms with E-state index >= 15 is 0 Å². The molecule has 2 bridgehead atoms. The van der Waals surface area contributed by atoms with Gasteiger partial charge in [-0.05, 0) is 79.1 Å². The van der Waals surface area contributed by atoms with Gasteiger partial charge < -0.3 is 38.8 Å². The molecule has 3 aliphatic heterocycles. The second-order valence-electron chi connectivity index (χ2n) is 17.3. The first-order chi connectivity index (χ1) is 27.8. The van der Waals surface area contributed by atoms with Crippen molar-refractivity contribution in [1.82, 2.24) is 9.88 Å². The number of esters is 1. The predicted octanol–water partition coefficient (Wildman–Crippen LogP) is 4.57. The number of ether oxygens (including phenoxy) is 5. The van der Waals surface area contributed by atoms with Crippen molar-refractivity contribution in [3.05, 3.63) is 42.1 Å². The number of aromatic nitrogens is 1. The lowest BCUT2D eigenvalue weighted by Crippen LogP contribution is -2.60. The lowest BCUT2D eigenvalue weighted by Gasteiger charge is -2.47. The van der Waals surface area contributed by atoms with Crippen molar-refractivity contribution < 1.29 is 48.3 Å². The van der Waals surface area contributed by atoms with Crippen molar-refractivity contribution >= 4 is 46.2 Å². The monoisotopic (exact) mass is 821 g/mol. The van der Waals surface area contributed by atoms with Gasteiger partial charge in [0.15, 0.2) is 12.1 Å². The van der Waals surface area contributed by atoms with E-state index in [-0.39, 0.29) is 38.2 Å². The van der Waals surface area contributed by atoms with E-state index in [4.69, 9.17) is 23.7 Å². The summed E-state index contributed by atoms with van der Waals surface area (Å²) >= 11 is 0. The van der Waals surface area contributed by atoms with E-state index in [1.54, 1.807) is 33.2 Å². The second-order valence-corrected chi connectivity index (χ2v) is 17.3. The number of carbonyl (C=O) groups is 3. The number of aliphatic hydroxyl groups is 2. The van der Waals surface area contributed by atoms with Crippen molar-refractivity contribution in [1.29, 1.82) is 0 Å². The fourth-order valence-corrected chi connectivity index (χ4v) is 8.95. The number of aliphatic imine (C=N–C) groups is 1. The molecule has 3 aliphatic rings. The largest absolute Gasteiger partial charge is 0.459 e. The molecule has 0 radical (unpaired) electrons. The average Bonchev–Trinajstić information content (AvgIpc) is 3.20. The van der Waals surface area contributed by atoms with E-state index in [2.05, 4.69) is 20.2 Å². The van der Waals surface area contributed by atoms with Crippen LogP contribution in [0.4, 0.5) is 0 Å². The van der Waals surface area contributed by atoms with E-state index in [9.17, 15) is 24.6 Å². The van der Waals surface area contributed by atoms with Crippen molar-refractivity contribution in [2.24, 2.45) is 38.9 Å². The first kappa shape index (κ1) is 46.2. The van der Waals surface area contributed by atoms with Crippen LogP contribution in [0.5, 0.6) is 0 Å². The van der Waals surface area contributed by atoms with Gasteiger partial charge in [-0.25, -0.2) is 4.99 Å². The molecule has 1 amide bonds. The van der Waals surface area contributed by atoms with Gasteiger partial charge in [-0.2, -0.15) is 10.2 Å². The molecule has 3 saturated heterocycles. The van der Waals surface area contributed by atoms with Gasteiger partial charge in [0.2, 0.25) is 5.91 Å². The zero-order valence-corrected chi connectivity index (χ0v) is 36.3. The fourth-order valence-electron chi connectivity index (χ4n) is 8.95. The number of carbonyl (C=O) groups excluding carboxylic acids is 3. The van der Waals surface area contributed by atoms with Crippen molar-refractivity contribution in [2.45, 2.75) is 136 Å². The molecule has 15 heteroatoms.